The van der Waals surface area contributed by atoms with Crippen molar-refractivity contribution in [2.24, 2.45) is 0 Å². The zero-order valence-corrected chi connectivity index (χ0v) is 19.6. The van der Waals surface area contributed by atoms with Crippen LogP contribution >= 0.6 is 27.7 Å². The number of carbonyl (C=O) groups is 3. The molecule has 7 nitrogen and oxygen atoms in total. The van der Waals surface area contributed by atoms with Crippen molar-refractivity contribution in [3.63, 3.8) is 0 Å². The third kappa shape index (κ3) is 5.48. The molecule has 1 saturated heterocycles. The van der Waals surface area contributed by atoms with Crippen LogP contribution in [0.25, 0.3) is 6.08 Å². The quantitative estimate of drug-likeness (QED) is 0.543. The molecule has 0 spiro atoms. The lowest BCUT2D eigenvalue weighted by Crippen LogP contribution is -2.36. The molecule has 1 N–H and O–H groups in total. The molecule has 0 aliphatic carbocycles. The Morgan fingerprint density at radius 3 is 2.55 bits per heavy atom. The first-order valence-electron chi connectivity index (χ1n) is 9.44. The van der Waals surface area contributed by atoms with Crippen molar-refractivity contribution < 1.29 is 23.9 Å². The number of amides is 3. The van der Waals surface area contributed by atoms with Gasteiger partial charge in [0.25, 0.3) is 11.1 Å². The highest BCUT2D eigenvalue weighted by Gasteiger charge is 2.36. The number of ether oxygens (including phenoxy) is 2. The average molecular weight is 505 g/mol. The van der Waals surface area contributed by atoms with E-state index in [9.17, 15) is 14.4 Å². The number of benzene rings is 2. The van der Waals surface area contributed by atoms with Gasteiger partial charge in [0, 0.05) is 10.2 Å². The Labute approximate surface area is 192 Å². The molecule has 1 heterocycles. The van der Waals surface area contributed by atoms with E-state index >= 15 is 0 Å². The summed E-state index contributed by atoms with van der Waals surface area (Å²) < 4.78 is 11.6. The molecule has 1 fully saturated rings. The molecular formula is C22H21BrN2O5S. The second-order valence-corrected chi connectivity index (χ2v) is 8.49. The van der Waals surface area contributed by atoms with Crippen LogP contribution in [-0.2, 0) is 9.59 Å². The summed E-state index contributed by atoms with van der Waals surface area (Å²) in [7, 11) is 1.52. The maximum Gasteiger partial charge on any atom is 0.294 e. The van der Waals surface area contributed by atoms with Crippen LogP contribution in [0.4, 0.5) is 10.5 Å². The summed E-state index contributed by atoms with van der Waals surface area (Å²) in [5.74, 6) is 0.105. The van der Waals surface area contributed by atoms with Crippen LogP contribution in [0.3, 0.4) is 0 Å². The van der Waals surface area contributed by atoms with Gasteiger partial charge < -0.3 is 14.8 Å². The predicted molar refractivity (Wildman–Crippen MR) is 124 cm³/mol. The molecule has 0 saturated carbocycles. The second kappa shape index (κ2) is 10.0. The molecule has 3 amide bonds. The van der Waals surface area contributed by atoms with Crippen molar-refractivity contribution in [2.45, 2.75) is 13.8 Å². The van der Waals surface area contributed by atoms with E-state index in [0.29, 0.717) is 33.8 Å². The van der Waals surface area contributed by atoms with Gasteiger partial charge in [-0.2, -0.15) is 0 Å². The van der Waals surface area contributed by atoms with Gasteiger partial charge in [0.15, 0.2) is 11.5 Å². The van der Waals surface area contributed by atoms with Crippen molar-refractivity contribution >= 4 is 56.5 Å². The third-order valence-corrected chi connectivity index (χ3v) is 5.97. The van der Waals surface area contributed by atoms with Crippen LogP contribution in [-0.4, -0.2) is 42.2 Å². The van der Waals surface area contributed by atoms with Crippen LogP contribution in [0.1, 0.15) is 18.1 Å². The molecule has 3 rings (SSSR count). The van der Waals surface area contributed by atoms with E-state index in [1.807, 2.05) is 26.0 Å². The first-order chi connectivity index (χ1) is 14.8. The SMILES string of the molecule is CCOc1cc(Br)c(/C=C2\SC(=O)N(CC(=O)Nc3ccc(C)cc3)C2=O)cc1OC. The van der Waals surface area contributed by atoms with Gasteiger partial charge in [-0.25, -0.2) is 0 Å². The Kier molecular flexibility index (Phi) is 7.40. The lowest BCUT2D eigenvalue weighted by Gasteiger charge is -2.13. The summed E-state index contributed by atoms with van der Waals surface area (Å²) in [5, 5.41) is 2.20. The van der Waals surface area contributed by atoms with Crippen LogP contribution in [0.5, 0.6) is 11.5 Å². The highest BCUT2D eigenvalue weighted by molar-refractivity contribution is 9.10. The number of anilines is 1. The number of nitrogens with zero attached hydrogens (tertiary/aromatic N) is 1. The van der Waals surface area contributed by atoms with Crippen molar-refractivity contribution in [1.82, 2.24) is 4.90 Å². The van der Waals surface area contributed by atoms with Crippen LogP contribution in [0.15, 0.2) is 45.8 Å². The minimum atomic E-state index is -0.520. The molecule has 0 radical (unpaired) electrons. The van der Waals surface area contributed by atoms with Gasteiger partial charge in [-0.3, -0.25) is 19.3 Å². The van der Waals surface area contributed by atoms with Crippen molar-refractivity contribution in [3.05, 3.63) is 56.9 Å². The van der Waals surface area contributed by atoms with E-state index in [4.69, 9.17) is 9.47 Å². The van der Waals surface area contributed by atoms with Crippen LogP contribution in [0, 0.1) is 6.92 Å². The minimum absolute atomic E-state index is 0.222. The number of carbonyl (C=O) groups excluding carboxylic acids is 3. The Morgan fingerprint density at radius 2 is 1.90 bits per heavy atom. The molecule has 2 aromatic carbocycles. The highest BCUT2D eigenvalue weighted by atomic mass is 79.9. The molecule has 162 valence electrons. The summed E-state index contributed by atoms with van der Waals surface area (Å²) in [6, 6.07) is 10.7. The van der Waals surface area contributed by atoms with Crippen molar-refractivity contribution in [1.29, 1.82) is 0 Å². The van der Waals surface area contributed by atoms with Crippen LogP contribution in [0.2, 0.25) is 0 Å². The summed E-state index contributed by atoms with van der Waals surface area (Å²) in [6.45, 7) is 3.93. The summed E-state index contributed by atoms with van der Waals surface area (Å²) in [4.78, 5) is 38.6. The maximum atomic E-state index is 12.8. The van der Waals surface area contributed by atoms with Gasteiger partial charge >= 0.3 is 0 Å². The van der Waals surface area contributed by atoms with E-state index in [1.165, 1.54) is 7.11 Å². The minimum Gasteiger partial charge on any atom is -0.493 e. The van der Waals surface area contributed by atoms with E-state index in [-0.39, 0.29) is 11.4 Å². The number of rotatable bonds is 7. The maximum absolute atomic E-state index is 12.8. The molecule has 2 aromatic rings. The number of aryl methyl sites for hydroxylation is 1. The fourth-order valence-electron chi connectivity index (χ4n) is 2.85. The van der Waals surface area contributed by atoms with Gasteiger partial charge in [-0.1, -0.05) is 33.6 Å². The zero-order chi connectivity index (χ0) is 22.5. The fourth-order valence-corrected chi connectivity index (χ4v) is 4.11. The summed E-state index contributed by atoms with van der Waals surface area (Å²) in [5.41, 5.74) is 2.31. The van der Waals surface area contributed by atoms with Gasteiger partial charge in [0.1, 0.15) is 6.54 Å². The largest absolute Gasteiger partial charge is 0.493 e. The number of nitrogens with one attached hydrogen (secondary N) is 1. The molecule has 0 unspecified atom stereocenters. The van der Waals surface area contributed by atoms with E-state index in [2.05, 4.69) is 21.2 Å². The van der Waals surface area contributed by atoms with Crippen molar-refractivity contribution in [3.8, 4) is 11.5 Å². The van der Waals surface area contributed by atoms with Gasteiger partial charge in [-0.05, 0) is 61.5 Å². The molecule has 0 atom stereocenters. The fraction of sp³-hybridized carbons (Fsp3) is 0.227. The van der Waals surface area contributed by atoms with Gasteiger partial charge in [0.2, 0.25) is 5.91 Å². The molecule has 1 aliphatic heterocycles. The normalized spacial score (nSPS) is 14.8. The van der Waals surface area contributed by atoms with E-state index < -0.39 is 17.1 Å². The average Bonchev–Trinajstić information content (AvgIpc) is 2.99. The lowest BCUT2D eigenvalue weighted by molar-refractivity contribution is -0.127. The number of hydrogen-bond donors (Lipinski definition) is 1. The van der Waals surface area contributed by atoms with Crippen LogP contribution < -0.4 is 14.8 Å². The summed E-state index contributed by atoms with van der Waals surface area (Å²) in [6.07, 6.45) is 1.59. The third-order valence-electron chi connectivity index (χ3n) is 4.38. The monoisotopic (exact) mass is 504 g/mol. The molecule has 1 aliphatic rings. The van der Waals surface area contributed by atoms with E-state index in [0.717, 1.165) is 22.2 Å². The summed E-state index contributed by atoms with van der Waals surface area (Å²) >= 11 is 4.25. The molecular weight excluding hydrogens is 484 g/mol. The molecule has 9 heteroatoms. The first kappa shape index (κ1) is 22.9. The number of halogens is 1. The standard InChI is InChI=1S/C22H21BrN2O5S/c1-4-30-18-11-16(23)14(9-17(18)29-3)10-19-21(27)25(22(28)31-19)12-20(26)24-15-7-5-13(2)6-8-15/h5-11H,4,12H2,1-3H3,(H,24,26)/b19-10-. The van der Waals surface area contributed by atoms with Gasteiger partial charge in [-0.15, -0.1) is 0 Å². The first-order valence-corrected chi connectivity index (χ1v) is 11.1. The number of hydrogen-bond acceptors (Lipinski definition) is 6. The Hall–Kier alpha value is -2.78. The Bertz CT molecular complexity index is 1050. The lowest BCUT2D eigenvalue weighted by atomic mass is 10.2. The highest BCUT2D eigenvalue weighted by Crippen LogP contribution is 2.38. The number of methoxy groups -OCH3 is 1. The van der Waals surface area contributed by atoms with Crippen molar-refractivity contribution in [2.75, 3.05) is 25.6 Å². The zero-order valence-electron chi connectivity index (χ0n) is 17.2. The smallest absolute Gasteiger partial charge is 0.294 e. The topological polar surface area (TPSA) is 84.9 Å². The van der Waals surface area contributed by atoms with E-state index in [1.54, 1.807) is 30.3 Å². The predicted octanol–water partition coefficient (Wildman–Crippen LogP) is 4.84. The second-order valence-electron chi connectivity index (χ2n) is 6.64. The number of thioether (sulfide) groups is 1. The molecule has 0 bridgehead atoms. The Morgan fingerprint density at radius 1 is 1.19 bits per heavy atom. The molecule has 31 heavy (non-hydrogen) atoms. The molecule has 0 aromatic heterocycles. The Balaban J connectivity index is 1.75. The number of imide groups is 1. The van der Waals surface area contributed by atoms with Gasteiger partial charge in [0.05, 0.1) is 18.6 Å².